The summed E-state index contributed by atoms with van der Waals surface area (Å²) in [6.07, 6.45) is 0. The summed E-state index contributed by atoms with van der Waals surface area (Å²) in [7, 11) is 0. The molecule has 4 rings (SSSR count). The molecule has 6 nitrogen and oxygen atoms in total. The molecule has 0 bridgehead atoms. The molecule has 3 unspecified atom stereocenters. The summed E-state index contributed by atoms with van der Waals surface area (Å²) in [4.78, 5) is 30.3. The summed E-state index contributed by atoms with van der Waals surface area (Å²) in [5.74, 6) is -1.60. The Kier molecular flexibility index (Phi) is 5.35. The van der Waals surface area contributed by atoms with Crippen LogP contribution in [0.4, 0.5) is 5.82 Å². The molecule has 2 aromatic carbocycles. The molecular formula is C23H22N4O2. The number of carbonyl (C=O) groups is 2. The maximum absolute atomic E-state index is 13.2. The fourth-order valence-electron chi connectivity index (χ4n) is 3.78. The summed E-state index contributed by atoms with van der Waals surface area (Å²) in [5, 5.41) is 2.82. The molecule has 29 heavy (non-hydrogen) atoms. The van der Waals surface area contributed by atoms with Crippen molar-refractivity contribution in [3.63, 3.8) is 0 Å². The standard InChI is InChI=1S/C23H22N4O2/c1-15-9-8-14-18(24-15)25-22(28)20-19(16-10-4-2-5-11-16)21(26-27-23(20)29)17-12-6-3-7-13-17/h2-14,19-21,26H,1H3,(H,27,29)(H,24,25,28). The minimum atomic E-state index is -0.911. The molecule has 3 atom stereocenters. The molecule has 146 valence electrons. The zero-order chi connectivity index (χ0) is 20.2. The average Bonchev–Trinajstić information content (AvgIpc) is 2.74. The van der Waals surface area contributed by atoms with Gasteiger partial charge in [-0.2, -0.15) is 0 Å². The molecule has 1 aliphatic heterocycles. The Bertz CT molecular complexity index is 1010. The molecular weight excluding hydrogens is 364 g/mol. The number of rotatable bonds is 4. The topological polar surface area (TPSA) is 83.1 Å². The van der Waals surface area contributed by atoms with Crippen molar-refractivity contribution in [2.24, 2.45) is 5.92 Å². The third kappa shape index (κ3) is 4.02. The van der Waals surface area contributed by atoms with Crippen molar-refractivity contribution < 1.29 is 9.59 Å². The van der Waals surface area contributed by atoms with Crippen molar-refractivity contribution in [1.82, 2.24) is 15.8 Å². The predicted molar refractivity (Wildman–Crippen MR) is 111 cm³/mol. The Labute approximate surface area is 169 Å². The van der Waals surface area contributed by atoms with E-state index < -0.39 is 5.92 Å². The Morgan fingerprint density at radius 2 is 1.55 bits per heavy atom. The summed E-state index contributed by atoms with van der Waals surface area (Å²) in [5.41, 5.74) is 8.49. The molecule has 6 heteroatoms. The number of hydrogen-bond donors (Lipinski definition) is 3. The Hall–Kier alpha value is -3.51. The van der Waals surface area contributed by atoms with Crippen LogP contribution in [0.2, 0.25) is 0 Å². The zero-order valence-corrected chi connectivity index (χ0v) is 16.0. The number of hydrazine groups is 1. The van der Waals surface area contributed by atoms with Crippen molar-refractivity contribution >= 4 is 17.6 Å². The van der Waals surface area contributed by atoms with Gasteiger partial charge in [-0.25, -0.2) is 10.4 Å². The first kappa shape index (κ1) is 18.8. The van der Waals surface area contributed by atoms with E-state index in [1.807, 2.05) is 79.7 Å². The molecule has 3 N–H and O–H groups in total. The van der Waals surface area contributed by atoms with Crippen LogP contribution in [-0.4, -0.2) is 16.8 Å². The lowest BCUT2D eigenvalue weighted by Crippen LogP contribution is -2.56. The number of nitrogens with zero attached hydrogens (tertiary/aromatic N) is 1. The number of amides is 2. The first-order valence-electron chi connectivity index (χ1n) is 9.53. The van der Waals surface area contributed by atoms with E-state index in [4.69, 9.17) is 0 Å². The van der Waals surface area contributed by atoms with E-state index in [2.05, 4.69) is 21.2 Å². The maximum atomic E-state index is 13.2. The van der Waals surface area contributed by atoms with Gasteiger partial charge in [-0.05, 0) is 30.2 Å². The minimum Gasteiger partial charge on any atom is -0.310 e. The van der Waals surface area contributed by atoms with Crippen LogP contribution in [0, 0.1) is 12.8 Å². The van der Waals surface area contributed by atoms with Crippen LogP contribution in [0.15, 0.2) is 78.9 Å². The average molecular weight is 386 g/mol. The smallest absolute Gasteiger partial charge is 0.247 e. The SMILES string of the molecule is Cc1cccc(NC(=O)C2C(=O)NNC(c3ccccc3)C2c2ccccc2)n1. The van der Waals surface area contributed by atoms with Gasteiger partial charge < -0.3 is 5.32 Å². The number of aryl methyl sites for hydroxylation is 1. The molecule has 1 saturated heterocycles. The highest BCUT2D eigenvalue weighted by Crippen LogP contribution is 2.39. The second-order valence-electron chi connectivity index (χ2n) is 7.09. The van der Waals surface area contributed by atoms with Crippen molar-refractivity contribution in [2.75, 3.05) is 5.32 Å². The quantitative estimate of drug-likeness (QED) is 0.602. The largest absolute Gasteiger partial charge is 0.310 e. The number of anilines is 1. The van der Waals surface area contributed by atoms with E-state index >= 15 is 0 Å². The van der Waals surface area contributed by atoms with Crippen LogP contribution in [-0.2, 0) is 9.59 Å². The summed E-state index contributed by atoms with van der Waals surface area (Å²) < 4.78 is 0. The van der Waals surface area contributed by atoms with Gasteiger partial charge in [-0.15, -0.1) is 0 Å². The van der Waals surface area contributed by atoms with Gasteiger partial charge >= 0.3 is 0 Å². The fraction of sp³-hybridized carbons (Fsp3) is 0.174. The number of carbonyl (C=O) groups excluding carboxylic acids is 2. The molecule has 1 fully saturated rings. The van der Waals surface area contributed by atoms with Crippen LogP contribution < -0.4 is 16.2 Å². The van der Waals surface area contributed by atoms with Crippen molar-refractivity contribution in [1.29, 1.82) is 0 Å². The number of aromatic nitrogens is 1. The third-order valence-electron chi connectivity index (χ3n) is 5.12. The van der Waals surface area contributed by atoms with Gasteiger partial charge in [0.25, 0.3) is 0 Å². The van der Waals surface area contributed by atoms with Gasteiger partial charge in [0.1, 0.15) is 11.7 Å². The number of pyridine rings is 1. The molecule has 1 aliphatic rings. The van der Waals surface area contributed by atoms with Gasteiger partial charge in [0.15, 0.2) is 0 Å². The normalized spacial score (nSPS) is 21.3. The molecule has 3 aromatic rings. The number of hydrogen-bond acceptors (Lipinski definition) is 4. The number of benzene rings is 2. The highest BCUT2D eigenvalue weighted by Gasteiger charge is 2.44. The van der Waals surface area contributed by atoms with Gasteiger partial charge in [0, 0.05) is 11.6 Å². The van der Waals surface area contributed by atoms with Gasteiger partial charge in [0.2, 0.25) is 11.8 Å². The van der Waals surface area contributed by atoms with E-state index in [9.17, 15) is 9.59 Å². The predicted octanol–water partition coefficient (Wildman–Crippen LogP) is 3.10. The monoisotopic (exact) mass is 386 g/mol. The van der Waals surface area contributed by atoms with Gasteiger partial charge in [0.05, 0.1) is 6.04 Å². The Morgan fingerprint density at radius 1 is 0.897 bits per heavy atom. The molecule has 0 saturated carbocycles. The van der Waals surface area contributed by atoms with Crippen molar-refractivity contribution in [3.05, 3.63) is 95.7 Å². The van der Waals surface area contributed by atoms with Crippen molar-refractivity contribution in [2.45, 2.75) is 18.9 Å². The van der Waals surface area contributed by atoms with E-state index in [-0.39, 0.29) is 23.8 Å². The second kappa shape index (κ2) is 8.24. The van der Waals surface area contributed by atoms with Crippen LogP contribution >= 0.6 is 0 Å². The molecule has 2 amide bonds. The van der Waals surface area contributed by atoms with E-state index in [1.54, 1.807) is 6.07 Å². The highest BCUT2D eigenvalue weighted by molar-refractivity contribution is 6.07. The van der Waals surface area contributed by atoms with Gasteiger partial charge in [-0.1, -0.05) is 66.7 Å². The lowest BCUT2D eigenvalue weighted by molar-refractivity contribution is -0.137. The van der Waals surface area contributed by atoms with Crippen LogP contribution in [0.3, 0.4) is 0 Å². The fourth-order valence-corrected chi connectivity index (χ4v) is 3.78. The zero-order valence-electron chi connectivity index (χ0n) is 16.0. The molecule has 0 spiro atoms. The third-order valence-corrected chi connectivity index (χ3v) is 5.12. The Balaban J connectivity index is 1.72. The molecule has 0 aliphatic carbocycles. The maximum Gasteiger partial charge on any atom is 0.247 e. The lowest BCUT2D eigenvalue weighted by Gasteiger charge is -2.38. The van der Waals surface area contributed by atoms with E-state index in [0.29, 0.717) is 5.82 Å². The number of nitrogens with one attached hydrogen (secondary N) is 3. The lowest BCUT2D eigenvalue weighted by atomic mass is 9.76. The van der Waals surface area contributed by atoms with Crippen LogP contribution in [0.5, 0.6) is 0 Å². The molecule has 1 aromatic heterocycles. The Morgan fingerprint density at radius 3 is 2.21 bits per heavy atom. The van der Waals surface area contributed by atoms with Crippen molar-refractivity contribution in [3.8, 4) is 0 Å². The first-order chi connectivity index (χ1) is 14.1. The summed E-state index contributed by atoms with van der Waals surface area (Å²) in [6.45, 7) is 1.85. The molecule has 2 heterocycles. The van der Waals surface area contributed by atoms with Gasteiger partial charge in [-0.3, -0.25) is 15.0 Å². The minimum absolute atomic E-state index is 0.252. The van der Waals surface area contributed by atoms with Crippen LogP contribution in [0.1, 0.15) is 28.8 Å². The second-order valence-corrected chi connectivity index (χ2v) is 7.09. The molecule has 0 radical (unpaired) electrons. The van der Waals surface area contributed by atoms with E-state index in [0.717, 1.165) is 16.8 Å². The van der Waals surface area contributed by atoms with E-state index in [1.165, 1.54) is 0 Å². The van der Waals surface area contributed by atoms with Crippen LogP contribution in [0.25, 0.3) is 0 Å². The first-order valence-corrected chi connectivity index (χ1v) is 9.53. The highest BCUT2D eigenvalue weighted by atomic mass is 16.2. The summed E-state index contributed by atoms with van der Waals surface area (Å²) >= 11 is 0. The summed E-state index contributed by atoms with van der Waals surface area (Å²) in [6, 6.07) is 24.6.